The van der Waals surface area contributed by atoms with Gasteiger partial charge in [0.25, 0.3) is 0 Å². The molecule has 0 bridgehead atoms. The number of carbonyl (C=O) groups is 2. The number of fused-ring (bicyclic) bond motifs is 1. The minimum atomic E-state index is -3.55. The van der Waals surface area contributed by atoms with Gasteiger partial charge in [-0.25, -0.2) is 18.2 Å². The molecule has 1 saturated heterocycles. The Kier molecular flexibility index (Phi) is 10.2. The van der Waals surface area contributed by atoms with E-state index in [4.69, 9.17) is 24.3 Å². The van der Waals surface area contributed by atoms with Crippen molar-refractivity contribution in [1.82, 2.24) is 19.5 Å². The first-order valence-corrected chi connectivity index (χ1v) is 17.7. The first-order valence-electron chi connectivity index (χ1n) is 15.8. The van der Waals surface area contributed by atoms with Gasteiger partial charge in [-0.15, -0.1) is 0 Å². The largest absolute Gasteiger partial charge is 0.493 e. The van der Waals surface area contributed by atoms with E-state index in [-0.39, 0.29) is 34.7 Å². The Morgan fingerprint density at radius 2 is 1.72 bits per heavy atom. The number of alkyl halides is 2. The van der Waals surface area contributed by atoms with Gasteiger partial charge in [-0.05, 0) is 63.1 Å². The van der Waals surface area contributed by atoms with E-state index in [2.05, 4.69) is 0 Å². The lowest BCUT2D eigenvalue weighted by molar-refractivity contribution is -0.129. The Morgan fingerprint density at radius 3 is 2.32 bits per heavy atom. The summed E-state index contributed by atoms with van der Waals surface area (Å²) in [6.45, 7) is 7.02. The molecule has 0 N–H and O–H groups in total. The number of piperazine rings is 1. The van der Waals surface area contributed by atoms with Gasteiger partial charge in [0.1, 0.15) is 17.2 Å². The SMILES string of the molecule is COc1ccc(-c2c(C)nn3c(N(Cc4cccc(S(C)(=O)=O)c4)C(=O)OC(C)(C)C)cc(N4CCN(C(C)=O)CC4)nc23)cc1OC(F)F. The number of sulfone groups is 1. The van der Waals surface area contributed by atoms with Crippen molar-refractivity contribution in [3.63, 3.8) is 0 Å². The molecule has 0 radical (unpaired) electrons. The molecule has 16 heteroatoms. The number of halogens is 2. The zero-order valence-electron chi connectivity index (χ0n) is 28.9. The average Bonchev–Trinajstić information content (AvgIpc) is 3.37. The van der Waals surface area contributed by atoms with Gasteiger partial charge in [0.05, 0.1) is 24.2 Å². The van der Waals surface area contributed by atoms with Crippen LogP contribution in [0.1, 0.15) is 39.0 Å². The number of aromatic nitrogens is 3. The van der Waals surface area contributed by atoms with E-state index in [0.29, 0.717) is 60.0 Å². The van der Waals surface area contributed by atoms with Crippen LogP contribution in [0.15, 0.2) is 53.4 Å². The van der Waals surface area contributed by atoms with E-state index in [1.807, 2.05) is 4.90 Å². The third-order valence-corrected chi connectivity index (χ3v) is 9.12. The Balaban J connectivity index is 1.74. The third-order valence-electron chi connectivity index (χ3n) is 8.01. The van der Waals surface area contributed by atoms with Crippen LogP contribution in [0.3, 0.4) is 0 Å². The van der Waals surface area contributed by atoms with E-state index in [0.717, 1.165) is 6.26 Å². The number of benzene rings is 2. The molecule has 2 aromatic heterocycles. The van der Waals surface area contributed by atoms with Gasteiger partial charge in [-0.3, -0.25) is 9.69 Å². The summed E-state index contributed by atoms with van der Waals surface area (Å²) in [5.41, 5.74) is 1.32. The molecule has 0 unspecified atom stereocenters. The molecule has 1 aliphatic rings. The number of anilines is 2. The van der Waals surface area contributed by atoms with Gasteiger partial charge in [0, 0.05) is 51.0 Å². The van der Waals surface area contributed by atoms with Crippen molar-refractivity contribution in [3.8, 4) is 22.6 Å². The highest BCUT2D eigenvalue weighted by Crippen LogP contribution is 2.38. The summed E-state index contributed by atoms with van der Waals surface area (Å²) in [5, 5.41) is 4.76. The number of hydrogen-bond donors (Lipinski definition) is 0. The zero-order valence-corrected chi connectivity index (χ0v) is 29.8. The number of carbonyl (C=O) groups excluding carboxylic acids is 2. The second-order valence-corrected chi connectivity index (χ2v) is 14.9. The van der Waals surface area contributed by atoms with Gasteiger partial charge < -0.3 is 24.0 Å². The molecule has 1 fully saturated rings. The summed E-state index contributed by atoms with van der Waals surface area (Å²) in [4.78, 5) is 36.2. The molecule has 2 amide bonds. The molecule has 268 valence electrons. The fourth-order valence-corrected chi connectivity index (χ4v) is 6.36. The highest BCUT2D eigenvalue weighted by molar-refractivity contribution is 7.90. The number of hydrogen-bond acceptors (Lipinski definition) is 10. The third kappa shape index (κ3) is 8.07. The van der Waals surface area contributed by atoms with Crippen molar-refractivity contribution < 1.29 is 41.0 Å². The first kappa shape index (κ1) is 36.3. The number of methoxy groups -OCH3 is 1. The van der Waals surface area contributed by atoms with Crippen LogP contribution < -0.4 is 19.3 Å². The Hall–Kier alpha value is -4.99. The molecule has 50 heavy (non-hydrogen) atoms. The first-order chi connectivity index (χ1) is 23.4. The fourth-order valence-electron chi connectivity index (χ4n) is 5.67. The van der Waals surface area contributed by atoms with Gasteiger partial charge in [0.15, 0.2) is 27.0 Å². The second-order valence-electron chi connectivity index (χ2n) is 12.9. The summed E-state index contributed by atoms with van der Waals surface area (Å²) < 4.78 is 68.9. The summed E-state index contributed by atoms with van der Waals surface area (Å²) in [6, 6.07) is 12.5. The van der Waals surface area contributed by atoms with Crippen molar-refractivity contribution in [3.05, 3.63) is 59.8 Å². The van der Waals surface area contributed by atoms with Crippen LogP contribution in [-0.4, -0.2) is 91.7 Å². The summed E-state index contributed by atoms with van der Waals surface area (Å²) >= 11 is 0. The van der Waals surface area contributed by atoms with Crippen LogP contribution in [-0.2, 0) is 25.9 Å². The van der Waals surface area contributed by atoms with Gasteiger partial charge in [-0.2, -0.15) is 18.4 Å². The van der Waals surface area contributed by atoms with Crippen LogP contribution >= 0.6 is 0 Å². The number of aryl methyl sites for hydroxylation is 1. The van der Waals surface area contributed by atoms with Crippen molar-refractivity contribution in [2.45, 2.75) is 58.3 Å². The van der Waals surface area contributed by atoms with Crippen molar-refractivity contribution in [2.24, 2.45) is 0 Å². The Morgan fingerprint density at radius 1 is 1.02 bits per heavy atom. The standard InChI is InChI=1S/C34H40F2N6O7S/c1-21-30(24-11-12-26(47-6)27(18-24)48-32(35)36)31-37-28(40-15-13-39(14-16-40)22(2)43)19-29(42(31)38-21)41(33(44)49-34(3,4)5)20-23-9-8-10-25(17-23)50(7,45)46/h8-12,17-19,32H,13-16,20H2,1-7H3. The van der Waals surface area contributed by atoms with Crippen LogP contribution in [0.2, 0.25) is 0 Å². The molecule has 1 aliphatic heterocycles. The van der Waals surface area contributed by atoms with E-state index in [1.165, 1.54) is 47.7 Å². The van der Waals surface area contributed by atoms with Crippen molar-refractivity contribution in [2.75, 3.05) is 49.3 Å². The molecule has 0 saturated carbocycles. The van der Waals surface area contributed by atoms with Crippen molar-refractivity contribution in [1.29, 1.82) is 0 Å². The number of ether oxygens (including phenoxy) is 3. The maximum Gasteiger partial charge on any atom is 0.416 e. The summed E-state index contributed by atoms with van der Waals surface area (Å²) in [6.07, 6.45) is 0.377. The average molecular weight is 715 g/mol. The van der Waals surface area contributed by atoms with E-state index in [9.17, 15) is 26.8 Å². The molecular formula is C34H40F2N6O7S. The molecular weight excluding hydrogens is 674 g/mol. The van der Waals surface area contributed by atoms with Gasteiger partial charge >= 0.3 is 12.7 Å². The maximum atomic E-state index is 14.0. The highest BCUT2D eigenvalue weighted by atomic mass is 32.2. The minimum absolute atomic E-state index is 0.0452. The van der Waals surface area contributed by atoms with Crippen LogP contribution in [0.25, 0.3) is 16.8 Å². The van der Waals surface area contributed by atoms with Gasteiger partial charge in [0.2, 0.25) is 5.91 Å². The normalized spacial score (nSPS) is 13.9. The lowest BCUT2D eigenvalue weighted by Gasteiger charge is -2.35. The zero-order chi connectivity index (χ0) is 36.5. The number of rotatable bonds is 9. The predicted molar refractivity (Wildman–Crippen MR) is 183 cm³/mol. The van der Waals surface area contributed by atoms with E-state index >= 15 is 0 Å². The predicted octanol–water partition coefficient (Wildman–Crippen LogP) is 5.33. The maximum absolute atomic E-state index is 14.0. The van der Waals surface area contributed by atoms with E-state index in [1.54, 1.807) is 56.9 Å². The Labute approximate surface area is 289 Å². The van der Waals surface area contributed by atoms with Crippen molar-refractivity contribution >= 4 is 39.1 Å². The molecule has 4 aromatic rings. The van der Waals surface area contributed by atoms with Crippen LogP contribution in [0.4, 0.5) is 25.2 Å². The summed E-state index contributed by atoms with van der Waals surface area (Å²) in [7, 11) is -2.21. The molecule has 0 atom stereocenters. The Bertz CT molecular complexity index is 2020. The minimum Gasteiger partial charge on any atom is -0.493 e. The molecule has 5 rings (SSSR count). The van der Waals surface area contributed by atoms with Crippen LogP contribution in [0, 0.1) is 6.92 Å². The lowest BCUT2D eigenvalue weighted by atomic mass is 10.1. The van der Waals surface area contributed by atoms with Crippen LogP contribution in [0.5, 0.6) is 11.5 Å². The molecule has 0 aliphatic carbocycles. The molecule has 2 aromatic carbocycles. The lowest BCUT2D eigenvalue weighted by Crippen LogP contribution is -2.48. The highest BCUT2D eigenvalue weighted by Gasteiger charge is 2.30. The molecule has 3 heterocycles. The molecule has 0 spiro atoms. The van der Waals surface area contributed by atoms with E-state index < -0.39 is 28.1 Å². The smallest absolute Gasteiger partial charge is 0.416 e. The quantitative estimate of drug-likeness (QED) is 0.224. The topological polar surface area (TPSA) is 136 Å². The monoisotopic (exact) mass is 714 g/mol. The number of nitrogens with zero attached hydrogens (tertiary/aromatic N) is 6. The van der Waals surface area contributed by atoms with Gasteiger partial charge in [-0.1, -0.05) is 18.2 Å². The molecule has 13 nitrogen and oxygen atoms in total. The second kappa shape index (κ2) is 14.1. The number of amides is 2. The fraction of sp³-hybridized carbons (Fsp3) is 0.412. The summed E-state index contributed by atoms with van der Waals surface area (Å²) in [5.74, 6) is 0.596.